The minimum absolute atomic E-state index is 0.214. The number of likely N-dealkylation sites (tertiary alicyclic amines) is 1. The molecule has 1 heterocycles. The molecule has 0 aromatic carbocycles. The van der Waals surface area contributed by atoms with Crippen LogP contribution in [0.2, 0.25) is 0 Å². The quantitative estimate of drug-likeness (QED) is 0.572. The van der Waals surface area contributed by atoms with Gasteiger partial charge in [0, 0.05) is 6.54 Å². The second kappa shape index (κ2) is 4.41. The number of hydrogen-bond acceptors (Lipinski definition) is 5. The maximum absolute atomic E-state index is 11.3. The van der Waals surface area contributed by atoms with Crippen molar-refractivity contribution in [3.8, 4) is 0 Å². The number of likely N-dealkylation sites (N-methyl/N-ethyl adjacent to an activating group) is 1. The molecule has 80 valence electrons. The Bertz CT molecular complexity index is 241. The minimum atomic E-state index is -0.316. The van der Waals surface area contributed by atoms with E-state index < -0.39 is 0 Å². The number of carbonyl (C=O) groups excluding carboxylic acids is 2. The van der Waals surface area contributed by atoms with E-state index in [1.54, 1.807) is 7.05 Å². The fourth-order valence-electron chi connectivity index (χ4n) is 1.75. The monoisotopic (exact) mass is 201 g/mol. The molecule has 0 amide bonds. The summed E-state index contributed by atoms with van der Waals surface area (Å²) >= 11 is 0. The van der Waals surface area contributed by atoms with Gasteiger partial charge in [0.25, 0.3) is 0 Å². The van der Waals surface area contributed by atoms with Crippen LogP contribution in [-0.2, 0) is 19.1 Å². The highest BCUT2D eigenvalue weighted by atomic mass is 16.5. The van der Waals surface area contributed by atoms with Gasteiger partial charge in [0.05, 0.1) is 20.1 Å². The lowest BCUT2D eigenvalue weighted by Gasteiger charge is -2.15. The van der Waals surface area contributed by atoms with E-state index in [2.05, 4.69) is 9.47 Å². The lowest BCUT2D eigenvalue weighted by Crippen LogP contribution is -2.33. The molecule has 14 heavy (non-hydrogen) atoms. The summed E-state index contributed by atoms with van der Waals surface area (Å²) in [5, 5.41) is 0. The molecule has 1 saturated heterocycles. The SMILES string of the molecule is COC(=O)C1C[C@H](C(=O)OC)CN1C. The standard InChI is InChI=1S/C9H15NO4/c1-10-5-6(8(11)13-2)4-7(10)9(12)14-3/h6-7H,4-5H2,1-3H3/t6-,7?/m0/s1. The minimum Gasteiger partial charge on any atom is -0.469 e. The van der Waals surface area contributed by atoms with Crippen LogP contribution in [0, 0.1) is 5.92 Å². The zero-order valence-corrected chi connectivity index (χ0v) is 8.65. The third-order valence-corrected chi connectivity index (χ3v) is 2.56. The summed E-state index contributed by atoms with van der Waals surface area (Å²) in [6.45, 7) is 0.548. The molecule has 1 aliphatic heterocycles. The van der Waals surface area contributed by atoms with Gasteiger partial charge < -0.3 is 9.47 Å². The number of ether oxygens (including phenoxy) is 2. The lowest BCUT2D eigenvalue weighted by molar-refractivity contribution is -0.145. The molecule has 5 nitrogen and oxygen atoms in total. The van der Waals surface area contributed by atoms with Crippen molar-refractivity contribution in [1.29, 1.82) is 0 Å². The molecule has 0 aliphatic carbocycles. The Morgan fingerprint density at radius 3 is 2.29 bits per heavy atom. The zero-order valence-electron chi connectivity index (χ0n) is 8.65. The molecule has 0 aromatic rings. The molecule has 1 unspecified atom stereocenters. The van der Waals surface area contributed by atoms with Crippen molar-refractivity contribution in [1.82, 2.24) is 4.90 Å². The average Bonchev–Trinajstić information content (AvgIpc) is 2.58. The van der Waals surface area contributed by atoms with Crippen molar-refractivity contribution < 1.29 is 19.1 Å². The number of carbonyl (C=O) groups is 2. The van der Waals surface area contributed by atoms with Crippen molar-refractivity contribution >= 4 is 11.9 Å². The molecule has 1 aliphatic rings. The summed E-state index contributed by atoms with van der Waals surface area (Å²) < 4.78 is 9.26. The average molecular weight is 201 g/mol. The molecule has 0 spiro atoms. The first-order valence-electron chi connectivity index (χ1n) is 4.46. The van der Waals surface area contributed by atoms with E-state index in [0.717, 1.165) is 0 Å². The topological polar surface area (TPSA) is 55.8 Å². The maximum Gasteiger partial charge on any atom is 0.323 e. The van der Waals surface area contributed by atoms with Crippen molar-refractivity contribution in [2.75, 3.05) is 27.8 Å². The van der Waals surface area contributed by atoms with Crippen molar-refractivity contribution in [3.63, 3.8) is 0 Å². The van der Waals surface area contributed by atoms with Crippen LogP contribution in [0.3, 0.4) is 0 Å². The molecule has 0 saturated carbocycles. The van der Waals surface area contributed by atoms with Crippen molar-refractivity contribution in [3.05, 3.63) is 0 Å². The smallest absolute Gasteiger partial charge is 0.323 e. The predicted octanol–water partition coefficient (Wildman–Crippen LogP) is -0.347. The Hall–Kier alpha value is -1.10. The highest BCUT2D eigenvalue weighted by Crippen LogP contribution is 2.23. The fourth-order valence-corrected chi connectivity index (χ4v) is 1.75. The van der Waals surface area contributed by atoms with Crippen LogP contribution >= 0.6 is 0 Å². The summed E-state index contributed by atoms with van der Waals surface area (Å²) in [5.41, 5.74) is 0. The van der Waals surface area contributed by atoms with Crippen molar-refractivity contribution in [2.45, 2.75) is 12.5 Å². The van der Waals surface area contributed by atoms with Crippen molar-refractivity contribution in [2.24, 2.45) is 5.92 Å². The first-order valence-corrected chi connectivity index (χ1v) is 4.46. The molecule has 5 heteroatoms. The Labute approximate surface area is 83.0 Å². The number of esters is 2. The van der Waals surface area contributed by atoms with Gasteiger partial charge in [0.15, 0.2) is 0 Å². The third kappa shape index (κ3) is 2.04. The first kappa shape index (κ1) is 11.0. The van der Waals surface area contributed by atoms with Crippen LogP contribution < -0.4 is 0 Å². The molecule has 1 rings (SSSR count). The van der Waals surface area contributed by atoms with E-state index in [4.69, 9.17) is 0 Å². The highest BCUT2D eigenvalue weighted by Gasteiger charge is 2.39. The number of rotatable bonds is 2. The van der Waals surface area contributed by atoms with Gasteiger partial charge in [-0.3, -0.25) is 14.5 Å². The first-order chi connectivity index (χ1) is 6.60. The van der Waals surface area contributed by atoms with E-state index in [0.29, 0.717) is 13.0 Å². The van der Waals surface area contributed by atoms with E-state index in [9.17, 15) is 9.59 Å². The normalized spacial score (nSPS) is 27.4. The summed E-state index contributed by atoms with van der Waals surface area (Å²) in [7, 11) is 4.50. The lowest BCUT2D eigenvalue weighted by atomic mass is 10.1. The zero-order chi connectivity index (χ0) is 10.7. The molecular weight excluding hydrogens is 186 g/mol. The second-order valence-corrected chi connectivity index (χ2v) is 3.43. The fraction of sp³-hybridized carbons (Fsp3) is 0.778. The Morgan fingerprint density at radius 2 is 1.79 bits per heavy atom. The Morgan fingerprint density at radius 1 is 1.21 bits per heavy atom. The van der Waals surface area contributed by atoms with Gasteiger partial charge in [0.2, 0.25) is 0 Å². The van der Waals surface area contributed by atoms with E-state index in [-0.39, 0.29) is 23.9 Å². The van der Waals surface area contributed by atoms with Crippen LogP contribution in [0.15, 0.2) is 0 Å². The molecule has 0 aromatic heterocycles. The van der Waals surface area contributed by atoms with E-state index >= 15 is 0 Å². The van der Waals surface area contributed by atoms with Crippen LogP contribution in [0.4, 0.5) is 0 Å². The molecule has 0 bridgehead atoms. The summed E-state index contributed by atoms with van der Waals surface area (Å²) in [4.78, 5) is 24.3. The van der Waals surface area contributed by atoms with Gasteiger partial charge in [-0.05, 0) is 13.5 Å². The van der Waals surface area contributed by atoms with Crippen LogP contribution in [-0.4, -0.2) is 50.7 Å². The van der Waals surface area contributed by atoms with Gasteiger partial charge in [-0.25, -0.2) is 0 Å². The van der Waals surface area contributed by atoms with Gasteiger partial charge in [-0.15, -0.1) is 0 Å². The Kier molecular flexibility index (Phi) is 3.46. The van der Waals surface area contributed by atoms with Gasteiger partial charge in [-0.2, -0.15) is 0 Å². The molecule has 2 atom stereocenters. The maximum atomic E-state index is 11.3. The van der Waals surface area contributed by atoms with Crippen LogP contribution in [0.5, 0.6) is 0 Å². The van der Waals surface area contributed by atoms with Crippen LogP contribution in [0.25, 0.3) is 0 Å². The van der Waals surface area contributed by atoms with Crippen LogP contribution in [0.1, 0.15) is 6.42 Å². The third-order valence-electron chi connectivity index (χ3n) is 2.56. The number of hydrogen-bond donors (Lipinski definition) is 0. The summed E-state index contributed by atoms with van der Waals surface area (Å²) in [6.07, 6.45) is 0.482. The molecular formula is C9H15NO4. The number of nitrogens with zero attached hydrogens (tertiary/aromatic N) is 1. The molecule has 0 radical (unpaired) electrons. The summed E-state index contributed by atoms with van der Waals surface area (Å²) in [6, 6.07) is -0.316. The number of methoxy groups -OCH3 is 2. The van der Waals surface area contributed by atoms with E-state index in [1.807, 2.05) is 4.90 Å². The highest BCUT2D eigenvalue weighted by molar-refractivity contribution is 5.79. The van der Waals surface area contributed by atoms with Gasteiger partial charge in [-0.1, -0.05) is 0 Å². The molecule has 0 N–H and O–H groups in total. The second-order valence-electron chi connectivity index (χ2n) is 3.43. The predicted molar refractivity (Wildman–Crippen MR) is 48.6 cm³/mol. The largest absolute Gasteiger partial charge is 0.469 e. The van der Waals surface area contributed by atoms with Gasteiger partial charge >= 0.3 is 11.9 Å². The summed E-state index contributed by atoms with van der Waals surface area (Å²) in [5.74, 6) is -0.767. The Balaban J connectivity index is 2.59. The molecule has 1 fully saturated rings. The van der Waals surface area contributed by atoms with Gasteiger partial charge in [0.1, 0.15) is 6.04 Å². The van der Waals surface area contributed by atoms with E-state index in [1.165, 1.54) is 14.2 Å².